The molecular weight excluding hydrogens is 197 g/mol. The molecular formula is C11H14FNO2. The highest BCUT2D eigenvalue weighted by atomic mass is 19.1. The van der Waals surface area contributed by atoms with Gasteiger partial charge in [-0.1, -0.05) is 0 Å². The zero-order valence-corrected chi connectivity index (χ0v) is 8.33. The van der Waals surface area contributed by atoms with E-state index < -0.39 is 5.82 Å². The molecule has 0 amide bonds. The lowest BCUT2D eigenvalue weighted by atomic mass is 9.89. The number of aromatic hydroxyl groups is 2. The maximum Gasteiger partial charge on any atom is 0.163 e. The number of phenols is 2. The van der Waals surface area contributed by atoms with Crippen molar-refractivity contribution in [3.8, 4) is 11.5 Å². The van der Waals surface area contributed by atoms with Crippen LogP contribution in [0.4, 0.5) is 4.39 Å². The smallest absolute Gasteiger partial charge is 0.163 e. The van der Waals surface area contributed by atoms with Crippen molar-refractivity contribution in [1.29, 1.82) is 0 Å². The second kappa shape index (κ2) is 4.06. The molecule has 0 spiro atoms. The van der Waals surface area contributed by atoms with E-state index in [1.165, 1.54) is 12.1 Å². The average molecular weight is 211 g/mol. The molecule has 1 aromatic rings. The van der Waals surface area contributed by atoms with Gasteiger partial charge in [-0.25, -0.2) is 4.39 Å². The van der Waals surface area contributed by atoms with Crippen molar-refractivity contribution in [2.75, 3.05) is 13.1 Å². The van der Waals surface area contributed by atoms with Crippen molar-refractivity contribution in [1.82, 2.24) is 5.32 Å². The number of piperidine rings is 1. The van der Waals surface area contributed by atoms with Crippen LogP contribution in [-0.2, 0) is 0 Å². The Labute approximate surface area is 87.6 Å². The lowest BCUT2D eigenvalue weighted by Gasteiger charge is -2.24. The van der Waals surface area contributed by atoms with E-state index in [1.54, 1.807) is 0 Å². The Balaban J connectivity index is 2.36. The molecule has 0 unspecified atom stereocenters. The Hall–Kier alpha value is -1.29. The van der Waals surface area contributed by atoms with E-state index >= 15 is 0 Å². The number of nitrogens with one attached hydrogen (secondary N) is 1. The van der Waals surface area contributed by atoms with Crippen molar-refractivity contribution in [2.45, 2.75) is 18.8 Å². The van der Waals surface area contributed by atoms with Crippen LogP contribution in [0.3, 0.4) is 0 Å². The van der Waals surface area contributed by atoms with Gasteiger partial charge >= 0.3 is 0 Å². The molecule has 3 nitrogen and oxygen atoms in total. The molecule has 0 radical (unpaired) electrons. The predicted molar refractivity (Wildman–Crippen MR) is 54.6 cm³/mol. The molecule has 1 fully saturated rings. The van der Waals surface area contributed by atoms with Crippen molar-refractivity contribution < 1.29 is 14.6 Å². The summed E-state index contributed by atoms with van der Waals surface area (Å²) in [7, 11) is 0. The number of rotatable bonds is 1. The van der Waals surface area contributed by atoms with E-state index in [9.17, 15) is 14.6 Å². The highest BCUT2D eigenvalue weighted by molar-refractivity contribution is 5.47. The second-order valence-electron chi connectivity index (χ2n) is 3.85. The summed E-state index contributed by atoms with van der Waals surface area (Å²) < 4.78 is 13.5. The molecule has 0 atom stereocenters. The Morgan fingerprint density at radius 2 is 1.87 bits per heavy atom. The van der Waals surface area contributed by atoms with Crippen LogP contribution in [0, 0.1) is 5.82 Å². The Kier molecular flexibility index (Phi) is 2.77. The molecule has 15 heavy (non-hydrogen) atoms. The minimum atomic E-state index is -0.433. The number of hydrogen-bond acceptors (Lipinski definition) is 3. The van der Waals surface area contributed by atoms with Crippen LogP contribution in [0.5, 0.6) is 11.5 Å². The third-order valence-corrected chi connectivity index (χ3v) is 2.89. The summed E-state index contributed by atoms with van der Waals surface area (Å²) in [5, 5.41) is 22.1. The first-order valence-electron chi connectivity index (χ1n) is 5.11. The highest BCUT2D eigenvalue weighted by Gasteiger charge is 2.23. The largest absolute Gasteiger partial charge is 0.504 e. The molecule has 0 aromatic heterocycles. The van der Waals surface area contributed by atoms with Crippen LogP contribution in [0.2, 0.25) is 0 Å². The minimum Gasteiger partial charge on any atom is -0.504 e. The van der Waals surface area contributed by atoms with E-state index in [2.05, 4.69) is 5.32 Å². The van der Waals surface area contributed by atoms with Gasteiger partial charge < -0.3 is 15.5 Å². The Morgan fingerprint density at radius 1 is 1.20 bits per heavy atom. The molecule has 0 saturated carbocycles. The van der Waals surface area contributed by atoms with E-state index in [-0.39, 0.29) is 23.0 Å². The van der Waals surface area contributed by atoms with Gasteiger partial charge in [0.1, 0.15) is 5.82 Å². The Bertz CT molecular complexity index is 362. The quantitative estimate of drug-likeness (QED) is 0.620. The molecule has 0 aliphatic carbocycles. The zero-order chi connectivity index (χ0) is 10.8. The van der Waals surface area contributed by atoms with Crippen LogP contribution >= 0.6 is 0 Å². The van der Waals surface area contributed by atoms with Crippen LogP contribution in [0.15, 0.2) is 12.1 Å². The normalized spacial score (nSPS) is 17.9. The van der Waals surface area contributed by atoms with E-state index in [0.717, 1.165) is 25.9 Å². The van der Waals surface area contributed by atoms with E-state index in [1.807, 2.05) is 0 Å². The predicted octanol–water partition coefficient (Wildman–Crippen LogP) is 1.70. The van der Waals surface area contributed by atoms with Crippen LogP contribution in [-0.4, -0.2) is 23.3 Å². The maximum absolute atomic E-state index is 13.5. The standard InChI is InChI=1S/C11H14FNO2/c12-8-1-2-9(14)11(15)10(8)7-3-5-13-6-4-7/h1-2,7,13-15H,3-6H2. The van der Waals surface area contributed by atoms with Gasteiger partial charge in [-0.2, -0.15) is 0 Å². The van der Waals surface area contributed by atoms with Crippen molar-refractivity contribution in [2.24, 2.45) is 0 Å². The molecule has 1 saturated heterocycles. The first-order chi connectivity index (χ1) is 7.20. The summed E-state index contributed by atoms with van der Waals surface area (Å²) in [5.74, 6) is -0.984. The summed E-state index contributed by atoms with van der Waals surface area (Å²) in [6.07, 6.45) is 1.57. The zero-order valence-electron chi connectivity index (χ0n) is 8.33. The fraction of sp³-hybridized carbons (Fsp3) is 0.455. The fourth-order valence-corrected chi connectivity index (χ4v) is 2.07. The number of halogens is 1. The lowest BCUT2D eigenvalue weighted by molar-refractivity contribution is 0.374. The second-order valence-corrected chi connectivity index (χ2v) is 3.85. The molecule has 1 aliphatic heterocycles. The molecule has 1 heterocycles. The third-order valence-electron chi connectivity index (χ3n) is 2.89. The van der Waals surface area contributed by atoms with Crippen molar-refractivity contribution in [3.05, 3.63) is 23.5 Å². The van der Waals surface area contributed by atoms with Crippen LogP contribution in [0.1, 0.15) is 24.3 Å². The first-order valence-corrected chi connectivity index (χ1v) is 5.11. The SMILES string of the molecule is Oc1ccc(F)c(C2CCNCC2)c1O. The summed E-state index contributed by atoms with van der Waals surface area (Å²) >= 11 is 0. The number of benzene rings is 1. The topological polar surface area (TPSA) is 52.5 Å². The van der Waals surface area contributed by atoms with Crippen molar-refractivity contribution in [3.63, 3.8) is 0 Å². The van der Waals surface area contributed by atoms with Gasteiger partial charge in [-0.15, -0.1) is 0 Å². The average Bonchev–Trinajstić information content (AvgIpc) is 2.26. The molecule has 1 aliphatic rings. The first kappa shape index (κ1) is 10.2. The highest BCUT2D eigenvalue weighted by Crippen LogP contribution is 2.39. The Morgan fingerprint density at radius 3 is 2.53 bits per heavy atom. The van der Waals surface area contributed by atoms with Gasteiger partial charge in [0.25, 0.3) is 0 Å². The summed E-state index contributed by atoms with van der Waals surface area (Å²) in [4.78, 5) is 0. The fourth-order valence-electron chi connectivity index (χ4n) is 2.07. The molecule has 2 rings (SSSR count). The molecule has 82 valence electrons. The third kappa shape index (κ3) is 1.90. The van der Waals surface area contributed by atoms with Crippen molar-refractivity contribution >= 4 is 0 Å². The van der Waals surface area contributed by atoms with E-state index in [4.69, 9.17) is 0 Å². The summed E-state index contributed by atoms with van der Waals surface area (Å²) in [6.45, 7) is 1.64. The monoisotopic (exact) mass is 211 g/mol. The number of phenolic OH excluding ortho intramolecular Hbond substituents is 2. The lowest BCUT2D eigenvalue weighted by Crippen LogP contribution is -2.27. The molecule has 0 bridgehead atoms. The molecule has 4 heteroatoms. The van der Waals surface area contributed by atoms with E-state index in [0.29, 0.717) is 0 Å². The van der Waals surface area contributed by atoms with Gasteiger partial charge in [-0.3, -0.25) is 0 Å². The summed E-state index contributed by atoms with van der Waals surface area (Å²) in [6, 6.07) is 2.38. The summed E-state index contributed by atoms with van der Waals surface area (Å²) in [5.41, 5.74) is 0.261. The van der Waals surface area contributed by atoms with Gasteiger partial charge in [0.2, 0.25) is 0 Å². The van der Waals surface area contributed by atoms with Crippen LogP contribution in [0.25, 0.3) is 0 Å². The van der Waals surface area contributed by atoms with Gasteiger partial charge in [0, 0.05) is 5.56 Å². The maximum atomic E-state index is 13.5. The van der Waals surface area contributed by atoms with Gasteiger partial charge in [-0.05, 0) is 44.0 Å². The molecule has 3 N–H and O–H groups in total. The van der Waals surface area contributed by atoms with Crippen LogP contribution < -0.4 is 5.32 Å². The molecule has 1 aromatic carbocycles. The van der Waals surface area contributed by atoms with Gasteiger partial charge in [0.05, 0.1) is 0 Å². The minimum absolute atomic E-state index is 0.00153. The number of hydrogen-bond donors (Lipinski definition) is 3. The van der Waals surface area contributed by atoms with Gasteiger partial charge in [0.15, 0.2) is 11.5 Å².